The summed E-state index contributed by atoms with van der Waals surface area (Å²) in [5.41, 5.74) is 33.7. The fourth-order valence-corrected chi connectivity index (χ4v) is 14.9. The number of para-hydroxylation sites is 6. The molecule has 0 radical (unpaired) electrons. The molecular formula is C72H45B3N4. The first-order chi connectivity index (χ1) is 39.2. The Hall–Kier alpha value is -9.97. The van der Waals surface area contributed by atoms with E-state index in [-0.39, 0.29) is 20.5 Å². The van der Waals surface area contributed by atoms with Crippen LogP contribution in [-0.4, -0.2) is 20.5 Å². The van der Waals surface area contributed by atoms with Gasteiger partial charge in [0.1, 0.15) is 0 Å². The summed E-state index contributed by atoms with van der Waals surface area (Å²) in [5.74, 6) is 0. The van der Waals surface area contributed by atoms with Crippen molar-refractivity contribution in [3.8, 4) is 66.8 Å². The van der Waals surface area contributed by atoms with Crippen LogP contribution in [0.1, 0.15) is 0 Å². The van der Waals surface area contributed by atoms with Crippen molar-refractivity contribution in [2.45, 2.75) is 0 Å². The monoisotopic (exact) mass is 998 g/mol. The summed E-state index contributed by atoms with van der Waals surface area (Å²) in [6, 6.07) is 103. The van der Waals surface area contributed by atoms with Gasteiger partial charge in [-0.25, -0.2) is 0 Å². The molecule has 12 aromatic rings. The summed E-state index contributed by atoms with van der Waals surface area (Å²) in [7, 11) is 0. The van der Waals surface area contributed by atoms with Gasteiger partial charge in [0.2, 0.25) is 0 Å². The number of fused-ring (bicyclic) bond motifs is 33. The van der Waals surface area contributed by atoms with E-state index in [0.29, 0.717) is 0 Å². The van der Waals surface area contributed by atoms with E-state index in [1.165, 1.54) is 134 Å². The van der Waals surface area contributed by atoms with Crippen LogP contribution in [0.25, 0.3) is 66.8 Å². The fraction of sp³-hybridized carbons (Fsp3) is 0. The molecule has 0 bridgehead atoms. The maximum atomic E-state index is 2.59. The molecule has 6 heterocycles. The highest BCUT2D eigenvalue weighted by Gasteiger charge is 2.46. The molecule has 0 atom stereocenters. The van der Waals surface area contributed by atoms with Gasteiger partial charge in [-0.2, -0.15) is 0 Å². The Morgan fingerprint density at radius 3 is 0.658 bits per heavy atom. The Kier molecular flexibility index (Phi) is 8.90. The molecule has 0 spiro atoms. The zero-order chi connectivity index (χ0) is 51.4. The summed E-state index contributed by atoms with van der Waals surface area (Å²) in [6.07, 6.45) is 0. The lowest BCUT2D eigenvalue weighted by atomic mass is 9.43. The van der Waals surface area contributed by atoms with Gasteiger partial charge in [0.15, 0.2) is 0 Å². The molecule has 0 saturated carbocycles. The van der Waals surface area contributed by atoms with Gasteiger partial charge in [0.25, 0.3) is 0 Å². The predicted octanol–water partition coefficient (Wildman–Crippen LogP) is 13.9. The first kappa shape index (κ1) is 43.2. The first-order valence-corrected chi connectivity index (χ1v) is 27.7. The molecule has 0 aromatic heterocycles. The minimum atomic E-state index is -0.00288. The van der Waals surface area contributed by atoms with Gasteiger partial charge in [-0.05, 0) is 139 Å². The minimum absolute atomic E-state index is 0.00288. The topological polar surface area (TPSA) is 13.0 Å². The predicted molar refractivity (Wildman–Crippen MR) is 335 cm³/mol. The van der Waals surface area contributed by atoms with Gasteiger partial charge in [-0.15, -0.1) is 0 Å². The van der Waals surface area contributed by atoms with Gasteiger partial charge in [0.05, 0.1) is 0 Å². The van der Waals surface area contributed by atoms with Crippen LogP contribution in [0.2, 0.25) is 0 Å². The second-order valence-electron chi connectivity index (χ2n) is 21.8. The van der Waals surface area contributed by atoms with Gasteiger partial charge in [-0.1, -0.05) is 200 Å². The third-order valence-electron chi connectivity index (χ3n) is 18.0. The summed E-state index contributed by atoms with van der Waals surface area (Å²) in [4.78, 5) is 10.3. The fourth-order valence-electron chi connectivity index (χ4n) is 14.9. The SMILES string of the molecule is c1ccc2c(c1)B1c3ccc(N(c4ccc5c(c4)-c4ccccc4N4B5c5ccccc5-c5ccccc54)c4ccc5c(c4)-c4ccccc4N4B5c5ccccc5-c5ccccc54)cc3-c3ccccc3N1c1ccccc1-2. The lowest BCUT2D eigenvalue weighted by Crippen LogP contribution is -2.59. The number of anilines is 9. The quantitative estimate of drug-likeness (QED) is 0.164. The molecule has 7 heteroatoms. The third kappa shape index (κ3) is 5.91. The highest BCUT2D eigenvalue weighted by molar-refractivity contribution is 6.94. The standard InChI is InChI=1S/C72H45B3N4/c1-10-28-61-49(19-1)52-22-4-13-31-67(52)77-70-34-16-7-25-55(70)58-43-46(37-40-64(58)73(61)77)76(47-38-41-65-59(44-47)56-26-8-17-35-71(56)78-68-32-14-5-23-53(68)50-20-2-11-29-62(50)74(65)78)48-39-42-66-60(45-48)57-27-9-18-36-72(57)79-69-33-15-6-24-54(69)51-21-3-12-30-63(51)75(66)79/h1-45H. The number of rotatable bonds is 3. The molecule has 0 N–H and O–H groups in total. The Labute approximate surface area is 461 Å². The Morgan fingerprint density at radius 1 is 0.190 bits per heavy atom. The average Bonchev–Trinajstić information content (AvgIpc) is 3.60. The lowest BCUT2D eigenvalue weighted by molar-refractivity contribution is 1.28. The van der Waals surface area contributed by atoms with E-state index in [1.807, 2.05) is 0 Å². The van der Waals surface area contributed by atoms with Crippen molar-refractivity contribution < 1.29 is 0 Å². The molecule has 18 rings (SSSR count). The van der Waals surface area contributed by atoms with E-state index in [2.05, 4.69) is 292 Å². The van der Waals surface area contributed by atoms with E-state index in [4.69, 9.17) is 0 Å². The zero-order valence-corrected chi connectivity index (χ0v) is 43.0. The van der Waals surface area contributed by atoms with Gasteiger partial charge < -0.3 is 19.3 Å². The number of hydrogen-bond donors (Lipinski definition) is 0. The number of benzene rings is 12. The minimum Gasteiger partial charge on any atom is -0.376 e. The molecule has 6 aliphatic heterocycles. The number of hydrogen-bond acceptors (Lipinski definition) is 4. The zero-order valence-electron chi connectivity index (χ0n) is 43.0. The van der Waals surface area contributed by atoms with Gasteiger partial charge in [-0.3, -0.25) is 0 Å². The van der Waals surface area contributed by atoms with E-state index in [0.717, 1.165) is 17.1 Å². The maximum Gasteiger partial charge on any atom is 0.329 e. The van der Waals surface area contributed by atoms with Gasteiger partial charge >= 0.3 is 20.5 Å². The third-order valence-corrected chi connectivity index (χ3v) is 18.0. The molecule has 79 heavy (non-hydrogen) atoms. The van der Waals surface area contributed by atoms with E-state index < -0.39 is 0 Å². The van der Waals surface area contributed by atoms with Crippen molar-refractivity contribution in [3.05, 3.63) is 273 Å². The van der Waals surface area contributed by atoms with Crippen molar-refractivity contribution in [1.29, 1.82) is 0 Å². The normalized spacial score (nSPS) is 13.7. The van der Waals surface area contributed by atoms with Crippen molar-refractivity contribution in [2.24, 2.45) is 0 Å². The van der Waals surface area contributed by atoms with Crippen molar-refractivity contribution in [2.75, 3.05) is 19.3 Å². The second kappa shape index (κ2) is 16.3. The highest BCUT2D eigenvalue weighted by Crippen LogP contribution is 2.52. The molecule has 0 saturated heterocycles. The average molecular weight is 999 g/mol. The van der Waals surface area contributed by atoms with Crippen LogP contribution in [0, 0.1) is 0 Å². The van der Waals surface area contributed by atoms with Crippen LogP contribution >= 0.6 is 0 Å². The Morgan fingerprint density at radius 2 is 0.392 bits per heavy atom. The number of nitrogens with zero attached hydrogens (tertiary/aromatic N) is 4. The highest BCUT2D eigenvalue weighted by atomic mass is 15.2. The molecular weight excluding hydrogens is 953 g/mol. The van der Waals surface area contributed by atoms with Crippen molar-refractivity contribution >= 4 is 105 Å². The second-order valence-corrected chi connectivity index (χ2v) is 21.8. The summed E-state index contributed by atoms with van der Waals surface area (Å²) in [5, 5.41) is 0. The molecule has 4 nitrogen and oxygen atoms in total. The summed E-state index contributed by atoms with van der Waals surface area (Å²) in [6.45, 7) is -0.00865. The van der Waals surface area contributed by atoms with Crippen LogP contribution in [0.5, 0.6) is 0 Å². The first-order valence-electron chi connectivity index (χ1n) is 27.7. The van der Waals surface area contributed by atoms with Crippen molar-refractivity contribution in [1.82, 2.24) is 0 Å². The smallest absolute Gasteiger partial charge is 0.329 e. The van der Waals surface area contributed by atoms with Gasteiger partial charge in [0, 0.05) is 84.6 Å². The molecule has 0 aliphatic carbocycles. The van der Waals surface area contributed by atoms with Crippen molar-refractivity contribution in [3.63, 3.8) is 0 Å². The Balaban J connectivity index is 0.873. The van der Waals surface area contributed by atoms with E-state index in [1.54, 1.807) is 0 Å². The van der Waals surface area contributed by atoms with Crippen LogP contribution in [0.15, 0.2) is 273 Å². The molecule has 0 unspecified atom stereocenters. The molecule has 0 fully saturated rings. The molecule has 362 valence electrons. The molecule has 12 aromatic carbocycles. The lowest BCUT2D eigenvalue weighted by Gasteiger charge is -2.44. The van der Waals surface area contributed by atoms with Crippen LogP contribution in [0.4, 0.5) is 51.2 Å². The van der Waals surface area contributed by atoms with Crippen LogP contribution in [-0.2, 0) is 0 Å². The summed E-state index contributed by atoms with van der Waals surface area (Å²) >= 11 is 0. The maximum absolute atomic E-state index is 2.59. The van der Waals surface area contributed by atoms with Crippen LogP contribution < -0.4 is 52.1 Å². The summed E-state index contributed by atoms with van der Waals surface area (Å²) < 4.78 is 0. The molecule has 0 amide bonds. The van der Waals surface area contributed by atoms with E-state index >= 15 is 0 Å². The van der Waals surface area contributed by atoms with Crippen LogP contribution in [0.3, 0.4) is 0 Å². The largest absolute Gasteiger partial charge is 0.376 e. The Bertz CT molecular complexity index is 4140. The van der Waals surface area contributed by atoms with E-state index in [9.17, 15) is 0 Å². The molecule has 6 aliphatic rings.